The second kappa shape index (κ2) is 7.09. The van der Waals surface area contributed by atoms with E-state index in [4.69, 9.17) is 4.74 Å². The van der Waals surface area contributed by atoms with Crippen LogP contribution in [0.15, 0.2) is 61.2 Å². The van der Waals surface area contributed by atoms with Crippen molar-refractivity contribution in [1.82, 2.24) is 0 Å². The average molecular weight is 284 g/mol. The molecular weight excluding hydrogens is 268 g/mol. The van der Waals surface area contributed by atoms with Crippen LogP contribution in [0.2, 0.25) is 0 Å². The molecule has 0 saturated carbocycles. The van der Waals surface area contributed by atoms with Gasteiger partial charge in [0.05, 0.1) is 4.92 Å². The molecule has 2 rings (SSSR count). The van der Waals surface area contributed by atoms with E-state index in [9.17, 15) is 10.1 Å². The lowest BCUT2D eigenvalue weighted by atomic mass is 10.2. The van der Waals surface area contributed by atoms with Gasteiger partial charge in [0.15, 0.2) is 0 Å². The molecule has 21 heavy (non-hydrogen) atoms. The molecule has 0 atom stereocenters. The Morgan fingerprint density at radius 3 is 2.67 bits per heavy atom. The van der Waals surface area contributed by atoms with Gasteiger partial charge in [0.2, 0.25) is 0 Å². The van der Waals surface area contributed by atoms with Gasteiger partial charge < -0.3 is 10.1 Å². The Morgan fingerprint density at radius 1 is 1.24 bits per heavy atom. The van der Waals surface area contributed by atoms with Crippen LogP contribution in [0, 0.1) is 10.1 Å². The Bertz CT molecular complexity index is 624. The third-order valence-electron chi connectivity index (χ3n) is 2.84. The van der Waals surface area contributed by atoms with Crippen LogP contribution in [0.3, 0.4) is 0 Å². The van der Waals surface area contributed by atoms with Crippen LogP contribution in [0.5, 0.6) is 5.75 Å². The van der Waals surface area contributed by atoms with Crippen molar-refractivity contribution in [2.24, 2.45) is 0 Å². The summed E-state index contributed by atoms with van der Waals surface area (Å²) in [6.45, 7) is 4.66. The third kappa shape index (κ3) is 4.35. The topological polar surface area (TPSA) is 64.4 Å². The summed E-state index contributed by atoms with van der Waals surface area (Å²) < 4.78 is 5.40. The van der Waals surface area contributed by atoms with Crippen molar-refractivity contribution in [3.63, 3.8) is 0 Å². The molecular formula is C16H16N2O3. The highest BCUT2D eigenvalue weighted by Crippen LogP contribution is 2.18. The van der Waals surface area contributed by atoms with Crippen LogP contribution < -0.4 is 10.1 Å². The van der Waals surface area contributed by atoms with Crippen molar-refractivity contribution in [1.29, 1.82) is 0 Å². The zero-order chi connectivity index (χ0) is 15.1. The number of nitrogens with zero attached hydrogens (tertiary/aromatic N) is 1. The van der Waals surface area contributed by atoms with E-state index in [1.807, 2.05) is 24.3 Å². The quantitative estimate of drug-likeness (QED) is 0.477. The second-order valence-corrected chi connectivity index (χ2v) is 4.40. The molecule has 2 aromatic carbocycles. The molecule has 0 aliphatic rings. The highest BCUT2D eigenvalue weighted by Gasteiger charge is 2.05. The van der Waals surface area contributed by atoms with Gasteiger partial charge >= 0.3 is 0 Å². The first-order valence-corrected chi connectivity index (χ1v) is 6.50. The molecule has 5 nitrogen and oxygen atoms in total. The maximum atomic E-state index is 10.7. The molecule has 0 heterocycles. The van der Waals surface area contributed by atoms with Crippen LogP contribution in [0.1, 0.15) is 5.56 Å². The van der Waals surface area contributed by atoms with E-state index >= 15 is 0 Å². The summed E-state index contributed by atoms with van der Waals surface area (Å²) in [5.74, 6) is 0.786. The van der Waals surface area contributed by atoms with Crippen molar-refractivity contribution >= 4 is 11.4 Å². The molecule has 0 radical (unpaired) electrons. The Morgan fingerprint density at radius 2 is 2.00 bits per heavy atom. The van der Waals surface area contributed by atoms with Gasteiger partial charge in [-0.3, -0.25) is 10.1 Å². The van der Waals surface area contributed by atoms with Crippen LogP contribution in [0.25, 0.3) is 0 Å². The van der Waals surface area contributed by atoms with Crippen molar-refractivity contribution < 1.29 is 9.66 Å². The number of non-ortho nitro benzene ring substituents is 1. The van der Waals surface area contributed by atoms with Crippen LogP contribution in [0.4, 0.5) is 11.4 Å². The van der Waals surface area contributed by atoms with E-state index < -0.39 is 4.92 Å². The van der Waals surface area contributed by atoms with Gasteiger partial charge in [-0.1, -0.05) is 30.9 Å². The Labute approximate surface area is 123 Å². The lowest BCUT2D eigenvalue weighted by Crippen LogP contribution is -2.00. The van der Waals surface area contributed by atoms with Crippen molar-refractivity contribution in [3.8, 4) is 5.75 Å². The standard InChI is InChI=1S/C16H16N2O3/c1-2-10-21-16-8-6-13(7-9-16)12-17-14-4-3-5-15(11-14)18(19)20/h2-9,11,17H,1,10,12H2. The van der Waals surface area contributed by atoms with Crippen LogP contribution >= 0.6 is 0 Å². The summed E-state index contributed by atoms with van der Waals surface area (Å²) in [5.41, 5.74) is 1.86. The summed E-state index contributed by atoms with van der Waals surface area (Å²) in [6, 6.07) is 14.1. The first-order chi connectivity index (χ1) is 10.2. The SMILES string of the molecule is C=CCOc1ccc(CNc2cccc([N+](=O)[O-])c2)cc1. The summed E-state index contributed by atoms with van der Waals surface area (Å²) in [5, 5.41) is 13.9. The lowest BCUT2D eigenvalue weighted by Gasteiger charge is -2.08. The molecule has 2 aromatic rings. The van der Waals surface area contributed by atoms with Gasteiger partial charge in [0.1, 0.15) is 12.4 Å². The molecule has 0 spiro atoms. The molecule has 1 N–H and O–H groups in total. The normalized spacial score (nSPS) is 9.90. The van der Waals surface area contributed by atoms with Crippen molar-refractivity contribution in [3.05, 3.63) is 76.9 Å². The van der Waals surface area contributed by atoms with Gasteiger partial charge in [-0.15, -0.1) is 0 Å². The van der Waals surface area contributed by atoms with Crippen molar-refractivity contribution in [2.45, 2.75) is 6.54 Å². The van der Waals surface area contributed by atoms with Crippen LogP contribution in [-0.4, -0.2) is 11.5 Å². The minimum Gasteiger partial charge on any atom is -0.490 e. The van der Waals surface area contributed by atoms with E-state index in [2.05, 4.69) is 11.9 Å². The summed E-state index contributed by atoms with van der Waals surface area (Å²) in [6.07, 6.45) is 1.69. The van der Waals surface area contributed by atoms with E-state index in [-0.39, 0.29) is 5.69 Å². The molecule has 5 heteroatoms. The van der Waals surface area contributed by atoms with E-state index in [1.54, 1.807) is 18.2 Å². The number of nitrogens with one attached hydrogen (secondary N) is 1. The summed E-state index contributed by atoms with van der Waals surface area (Å²) in [7, 11) is 0. The summed E-state index contributed by atoms with van der Waals surface area (Å²) in [4.78, 5) is 10.3. The Kier molecular flexibility index (Phi) is 4.93. The minimum atomic E-state index is -0.406. The maximum Gasteiger partial charge on any atom is 0.271 e. The highest BCUT2D eigenvalue weighted by molar-refractivity contribution is 5.51. The number of rotatable bonds is 7. The van der Waals surface area contributed by atoms with Gasteiger partial charge in [-0.2, -0.15) is 0 Å². The van der Waals surface area contributed by atoms with Gasteiger partial charge in [0, 0.05) is 24.4 Å². The van der Waals surface area contributed by atoms with E-state index in [1.165, 1.54) is 12.1 Å². The number of benzene rings is 2. The molecule has 0 saturated heterocycles. The molecule has 108 valence electrons. The zero-order valence-corrected chi connectivity index (χ0v) is 11.5. The first kappa shape index (κ1) is 14.6. The monoisotopic (exact) mass is 284 g/mol. The average Bonchev–Trinajstić information content (AvgIpc) is 2.52. The lowest BCUT2D eigenvalue weighted by molar-refractivity contribution is -0.384. The molecule has 0 amide bonds. The predicted molar refractivity (Wildman–Crippen MR) is 82.6 cm³/mol. The zero-order valence-electron chi connectivity index (χ0n) is 11.5. The van der Waals surface area contributed by atoms with Crippen molar-refractivity contribution in [2.75, 3.05) is 11.9 Å². The number of nitro benzene ring substituents is 1. The largest absolute Gasteiger partial charge is 0.490 e. The molecule has 0 aromatic heterocycles. The van der Waals surface area contributed by atoms with E-state index in [0.717, 1.165) is 17.0 Å². The van der Waals surface area contributed by atoms with E-state index in [0.29, 0.717) is 13.2 Å². The number of nitro groups is 1. The third-order valence-corrected chi connectivity index (χ3v) is 2.84. The number of ether oxygens (including phenoxy) is 1. The second-order valence-electron chi connectivity index (χ2n) is 4.40. The van der Waals surface area contributed by atoms with Gasteiger partial charge in [-0.05, 0) is 23.8 Å². The summed E-state index contributed by atoms with van der Waals surface area (Å²) >= 11 is 0. The van der Waals surface area contributed by atoms with Gasteiger partial charge in [0.25, 0.3) is 5.69 Å². The number of anilines is 1. The number of hydrogen-bond acceptors (Lipinski definition) is 4. The smallest absolute Gasteiger partial charge is 0.271 e. The first-order valence-electron chi connectivity index (χ1n) is 6.50. The van der Waals surface area contributed by atoms with Gasteiger partial charge in [-0.25, -0.2) is 0 Å². The fourth-order valence-electron chi connectivity index (χ4n) is 1.79. The fourth-order valence-corrected chi connectivity index (χ4v) is 1.79. The van der Waals surface area contributed by atoms with Crippen LogP contribution in [-0.2, 0) is 6.54 Å². The number of hydrogen-bond donors (Lipinski definition) is 1. The molecule has 0 unspecified atom stereocenters. The Balaban J connectivity index is 1.95. The molecule has 0 aliphatic heterocycles. The molecule has 0 fully saturated rings. The minimum absolute atomic E-state index is 0.0770. The maximum absolute atomic E-state index is 10.7. The molecule has 0 aliphatic carbocycles. The highest BCUT2D eigenvalue weighted by atomic mass is 16.6. The fraction of sp³-hybridized carbons (Fsp3) is 0.125. The molecule has 0 bridgehead atoms. The predicted octanol–water partition coefficient (Wildman–Crippen LogP) is 3.77. The Hall–Kier alpha value is -2.82.